The van der Waals surface area contributed by atoms with Crippen LogP contribution < -0.4 is 15.6 Å². The Balaban J connectivity index is 1.97. The van der Waals surface area contributed by atoms with Crippen molar-refractivity contribution in [3.05, 3.63) is 39.3 Å². The van der Waals surface area contributed by atoms with Crippen LogP contribution in [0.3, 0.4) is 0 Å². The van der Waals surface area contributed by atoms with E-state index in [-0.39, 0.29) is 12.5 Å². The van der Waals surface area contributed by atoms with Crippen molar-refractivity contribution < 1.29 is 14.3 Å². The van der Waals surface area contributed by atoms with Crippen molar-refractivity contribution in [3.63, 3.8) is 0 Å². The summed E-state index contributed by atoms with van der Waals surface area (Å²) in [5.41, 5.74) is 4.65. The molecule has 0 fully saturated rings. The first kappa shape index (κ1) is 17.7. The second-order valence-electron chi connectivity index (χ2n) is 4.88. The normalized spacial score (nSPS) is 10.4. The topological polar surface area (TPSA) is 67.4 Å². The van der Waals surface area contributed by atoms with Gasteiger partial charge in [0.2, 0.25) is 5.91 Å². The van der Waals surface area contributed by atoms with Gasteiger partial charge in [-0.1, -0.05) is 35.0 Å². The van der Waals surface area contributed by atoms with Crippen molar-refractivity contribution in [2.24, 2.45) is 0 Å². The fourth-order valence-corrected chi connectivity index (χ4v) is 2.95. The zero-order valence-corrected chi connectivity index (χ0v) is 15.7. The highest BCUT2D eigenvalue weighted by atomic mass is 79.9. The van der Waals surface area contributed by atoms with Crippen LogP contribution in [0.5, 0.6) is 5.75 Å². The zero-order valence-electron chi connectivity index (χ0n) is 12.5. The SMILES string of the molecule is CCCC(=O)NNC(=O)COc1ccc2cc(Br)ccc2c1Br. The van der Waals surface area contributed by atoms with Crippen LogP contribution in [0.2, 0.25) is 0 Å². The number of carbonyl (C=O) groups excluding carboxylic acids is 2. The zero-order chi connectivity index (χ0) is 16.8. The smallest absolute Gasteiger partial charge is 0.276 e. The highest BCUT2D eigenvalue weighted by molar-refractivity contribution is 9.11. The van der Waals surface area contributed by atoms with Gasteiger partial charge >= 0.3 is 0 Å². The molecule has 5 nitrogen and oxygen atoms in total. The highest BCUT2D eigenvalue weighted by Gasteiger charge is 2.09. The molecule has 7 heteroatoms. The van der Waals surface area contributed by atoms with Gasteiger partial charge in [0.25, 0.3) is 5.91 Å². The Kier molecular flexibility index (Phi) is 6.41. The Morgan fingerprint density at radius 1 is 1.09 bits per heavy atom. The molecule has 122 valence electrons. The van der Waals surface area contributed by atoms with Gasteiger partial charge in [0.15, 0.2) is 6.61 Å². The molecule has 0 saturated heterocycles. The number of amides is 2. The maximum Gasteiger partial charge on any atom is 0.276 e. The first-order chi connectivity index (χ1) is 11.0. The van der Waals surface area contributed by atoms with Crippen LogP contribution in [0.25, 0.3) is 10.8 Å². The maximum atomic E-state index is 11.7. The lowest BCUT2D eigenvalue weighted by molar-refractivity contribution is -0.130. The minimum absolute atomic E-state index is 0.187. The molecule has 2 amide bonds. The van der Waals surface area contributed by atoms with Crippen molar-refractivity contribution in [2.75, 3.05) is 6.61 Å². The summed E-state index contributed by atoms with van der Waals surface area (Å²) in [4.78, 5) is 22.9. The van der Waals surface area contributed by atoms with E-state index in [9.17, 15) is 9.59 Å². The van der Waals surface area contributed by atoms with Crippen LogP contribution in [0, 0.1) is 0 Å². The van der Waals surface area contributed by atoms with Gasteiger partial charge in [0.1, 0.15) is 5.75 Å². The average Bonchev–Trinajstić information content (AvgIpc) is 2.52. The second-order valence-corrected chi connectivity index (χ2v) is 6.59. The summed E-state index contributed by atoms with van der Waals surface area (Å²) in [5, 5.41) is 2.04. The van der Waals surface area contributed by atoms with Gasteiger partial charge in [-0.05, 0) is 51.3 Å². The second kappa shape index (κ2) is 8.31. The van der Waals surface area contributed by atoms with Gasteiger partial charge in [-0.25, -0.2) is 0 Å². The molecule has 0 saturated carbocycles. The number of hydrogen-bond donors (Lipinski definition) is 2. The summed E-state index contributed by atoms with van der Waals surface area (Å²) in [6.45, 7) is 1.70. The number of hydrazine groups is 1. The fraction of sp³-hybridized carbons (Fsp3) is 0.250. The number of hydrogen-bond acceptors (Lipinski definition) is 3. The van der Waals surface area contributed by atoms with Gasteiger partial charge in [0.05, 0.1) is 4.47 Å². The summed E-state index contributed by atoms with van der Waals surface area (Å²) in [5.74, 6) is -0.0783. The van der Waals surface area contributed by atoms with Gasteiger partial charge in [-0.15, -0.1) is 0 Å². The van der Waals surface area contributed by atoms with Gasteiger partial charge < -0.3 is 4.74 Å². The summed E-state index contributed by atoms with van der Waals surface area (Å²) in [6.07, 6.45) is 1.09. The number of halogens is 2. The van der Waals surface area contributed by atoms with Crippen molar-refractivity contribution in [1.29, 1.82) is 0 Å². The monoisotopic (exact) mass is 442 g/mol. The van der Waals surface area contributed by atoms with E-state index in [0.29, 0.717) is 12.2 Å². The first-order valence-electron chi connectivity index (χ1n) is 7.09. The third-order valence-electron chi connectivity index (χ3n) is 3.06. The maximum absolute atomic E-state index is 11.7. The lowest BCUT2D eigenvalue weighted by Crippen LogP contribution is -2.43. The summed E-state index contributed by atoms with van der Waals surface area (Å²) in [7, 11) is 0. The fourth-order valence-electron chi connectivity index (χ4n) is 1.96. The summed E-state index contributed by atoms with van der Waals surface area (Å²) >= 11 is 6.93. The van der Waals surface area contributed by atoms with Crippen LogP contribution in [-0.4, -0.2) is 18.4 Å². The number of rotatable bonds is 5. The first-order valence-corrected chi connectivity index (χ1v) is 8.68. The average molecular weight is 444 g/mol. The van der Waals surface area contributed by atoms with E-state index in [1.165, 1.54) is 0 Å². The Morgan fingerprint density at radius 3 is 2.57 bits per heavy atom. The predicted octanol–water partition coefficient (Wildman–Crippen LogP) is 3.69. The molecule has 0 unspecified atom stereocenters. The molecule has 0 aliphatic rings. The number of carbonyl (C=O) groups is 2. The molecule has 2 rings (SSSR count). The van der Waals surface area contributed by atoms with Crippen LogP contribution >= 0.6 is 31.9 Å². The van der Waals surface area contributed by atoms with Crippen molar-refractivity contribution in [1.82, 2.24) is 10.9 Å². The number of ether oxygens (including phenoxy) is 1. The van der Waals surface area contributed by atoms with E-state index in [1.54, 1.807) is 6.07 Å². The third-order valence-corrected chi connectivity index (χ3v) is 4.37. The predicted molar refractivity (Wildman–Crippen MR) is 96.0 cm³/mol. The largest absolute Gasteiger partial charge is 0.483 e. The standard InChI is InChI=1S/C16H16Br2N2O3/c1-2-3-14(21)19-20-15(22)9-23-13-7-4-10-8-11(17)5-6-12(10)16(13)18/h4-8H,2-3,9H2,1H3,(H,19,21)(H,20,22). The molecule has 0 atom stereocenters. The van der Waals surface area contributed by atoms with E-state index >= 15 is 0 Å². The van der Waals surface area contributed by atoms with E-state index in [0.717, 1.165) is 26.1 Å². The number of nitrogens with one attached hydrogen (secondary N) is 2. The molecule has 2 aromatic carbocycles. The minimum Gasteiger partial charge on any atom is -0.483 e. The summed E-state index contributed by atoms with van der Waals surface area (Å²) < 4.78 is 7.28. The van der Waals surface area contributed by atoms with Crippen molar-refractivity contribution >= 4 is 54.4 Å². The van der Waals surface area contributed by atoms with Gasteiger partial charge in [-0.3, -0.25) is 20.4 Å². The van der Waals surface area contributed by atoms with E-state index < -0.39 is 5.91 Å². The Hall–Kier alpha value is -1.60. The quantitative estimate of drug-likeness (QED) is 0.692. The Labute approximate surface area is 151 Å². The number of benzene rings is 2. The van der Waals surface area contributed by atoms with Gasteiger partial charge in [-0.2, -0.15) is 0 Å². The molecule has 0 bridgehead atoms. The lowest BCUT2D eigenvalue weighted by Gasteiger charge is -2.11. The molecule has 0 radical (unpaired) electrons. The Bertz CT molecular complexity index is 735. The molecule has 2 aromatic rings. The van der Waals surface area contributed by atoms with Crippen LogP contribution in [0.1, 0.15) is 19.8 Å². The minimum atomic E-state index is -0.419. The van der Waals surface area contributed by atoms with Crippen molar-refractivity contribution in [3.8, 4) is 5.75 Å². The molecular formula is C16H16Br2N2O3. The number of fused-ring (bicyclic) bond motifs is 1. The molecule has 2 N–H and O–H groups in total. The summed E-state index contributed by atoms with van der Waals surface area (Å²) in [6, 6.07) is 9.61. The Morgan fingerprint density at radius 2 is 1.83 bits per heavy atom. The van der Waals surface area contributed by atoms with Crippen molar-refractivity contribution in [2.45, 2.75) is 19.8 Å². The van der Waals surface area contributed by atoms with Gasteiger partial charge in [0, 0.05) is 10.9 Å². The molecule has 0 spiro atoms. The lowest BCUT2D eigenvalue weighted by atomic mass is 10.1. The van der Waals surface area contributed by atoms with E-state index in [2.05, 4.69) is 42.7 Å². The molecule has 23 heavy (non-hydrogen) atoms. The third kappa shape index (κ3) is 4.94. The molecule has 0 aliphatic heterocycles. The molecule has 0 aliphatic carbocycles. The van der Waals surface area contributed by atoms with Crippen LogP contribution in [-0.2, 0) is 9.59 Å². The van der Waals surface area contributed by atoms with Crippen LogP contribution in [0.4, 0.5) is 0 Å². The van der Waals surface area contributed by atoms with Crippen LogP contribution in [0.15, 0.2) is 39.3 Å². The molecule has 0 heterocycles. The highest BCUT2D eigenvalue weighted by Crippen LogP contribution is 2.34. The van der Waals surface area contributed by atoms with E-state index in [4.69, 9.17) is 4.74 Å². The van der Waals surface area contributed by atoms with E-state index in [1.807, 2.05) is 31.2 Å². The molecular weight excluding hydrogens is 428 g/mol. The molecule has 0 aromatic heterocycles.